The first-order chi connectivity index (χ1) is 9.62. The Morgan fingerprint density at radius 1 is 1.23 bits per heavy atom. The molecule has 0 aliphatic carbocycles. The van der Waals surface area contributed by atoms with Crippen LogP contribution in [0.3, 0.4) is 0 Å². The largest absolute Gasteiger partial charge is 0.508 e. The van der Waals surface area contributed by atoms with Gasteiger partial charge in [-0.1, -0.05) is 19.6 Å². The number of aromatic hydroxyl groups is 2. The predicted molar refractivity (Wildman–Crippen MR) is 53.0 cm³/mol. The summed E-state index contributed by atoms with van der Waals surface area (Å²) in [7, 11) is 0. The Morgan fingerprint density at radius 3 is 2.54 bits per heavy atom. The lowest BCUT2D eigenvalue weighted by Crippen LogP contribution is -1.84. The summed E-state index contributed by atoms with van der Waals surface area (Å²) in [6.45, 7) is -3.36. The molecule has 0 bridgehead atoms. The Balaban J connectivity index is 3.21. The highest BCUT2D eigenvalue weighted by Gasteiger charge is 1.98. The minimum Gasteiger partial charge on any atom is -0.508 e. The number of rotatable bonds is 4. The molecule has 1 aromatic rings. The Labute approximate surface area is 91.5 Å². The summed E-state index contributed by atoms with van der Waals surface area (Å²) in [5.41, 5.74) is 0.00715. The standard InChI is InChI=1S/C11H16O2/c1-2-3-4-5-9-6-10(12)8-11(13)7-9/h6-8,12-13H,2-5H2,1H3/i1D3,2D2,3D2,4D2. The number of benzene rings is 1. The Bertz CT molecular complexity index is 531. The highest BCUT2D eigenvalue weighted by molar-refractivity contribution is 5.36. The van der Waals surface area contributed by atoms with E-state index >= 15 is 0 Å². The van der Waals surface area contributed by atoms with Crippen molar-refractivity contribution in [1.29, 1.82) is 0 Å². The van der Waals surface area contributed by atoms with E-state index in [0.29, 0.717) is 0 Å². The molecule has 0 amide bonds. The molecule has 13 heavy (non-hydrogen) atoms. The van der Waals surface area contributed by atoms with E-state index in [1.807, 2.05) is 0 Å². The summed E-state index contributed by atoms with van der Waals surface area (Å²) in [5.74, 6) is -0.740. The Kier molecular flexibility index (Phi) is 1.17. The average molecular weight is 189 g/mol. The number of phenols is 2. The lowest BCUT2D eigenvalue weighted by molar-refractivity contribution is 0.449. The number of aryl methyl sites for hydroxylation is 1. The molecular weight excluding hydrogens is 164 g/mol. The van der Waals surface area contributed by atoms with Crippen molar-refractivity contribution >= 4 is 0 Å². The molecule has 0 saturated carbocycles. The van der Waals surface area contributed by atoms with Crippen molar-refractivity contribution in [2.24, 2.45) is 0 Å². The second-order valence-electron chi connectivity index (χ2n) is 2.46. The molecule has 0 aromatic heterocycles. The van der Waals surface area contributed by atoms with Crippen LogP contribution in [0.5, 0.6) is 11.5 Å². The smallest absolute Gasteiger partial charge is 0.119 e. The molecule has 2 heteroatoms. The van der Waals surface area contributed by atoms with Crippen molar-refractivity contribution in [3.8, 4) is 11.5 Å². The van der Waals surface area contributed by atoms with Crippen LogP contribution in [-0.2, 0) is 6.42 Å². The summed E-state index contributed by atoms with van der Waals surface area (Å²) in [4.78, 5) is 0. The maximum atomic E-state index is 9.34. The summed E-state index contributed by atoms with van der Waals surface area (Å²) >= 11 is 0. The molecule has 0 radical (unpaired) electrons. The second kappa shape index (κ2) is 4.75. The maximum absolute atomic E-state index is 9.34. The van der Waals surface area contributed by atoms with E-state index in [1.54, 1.807) is 0 Å². The van der Waals surface area contributed by atoms with Crippen LogP contribution in [-0.4, -0.2) is 10.2 Å². The predicted octanol–water partition coefficient (Wildman–Crippen LogP) is 2.83. The van der Waals surface area contributed by atoms with E-state index in [0.717, 1.165) is 18.2 Å². The first-order valence-electron chi connectivity index (χ1n) is 8.14. The van der Waals surface area contributed by atoms with Crippen molar-refractivity contribution in [2.75, 3.05) is 0 Å². The fourth-order valence-electron chi connectivity index (χ4n) is 0.949. The van der Waals surface area contributed by atoms with E-state index in [4.69, 9.17) is 12.3 Å². The Hall–Kier alpha value is -1.18. The average Bonchev–Trinajstić information content (AvgIpc) is 2.24. The van der Waals surface area contributed by atoms with Crippen molar-refractivity contribution in [2.45, 2.75) is 32.4 Å². The minimum absolute atomic E-state index is 0.00715. The zero-order valence-corrected chi connectivity index (χ0v) is 6.83. The zero-order valence-electron chi connectivity index (χ0n) is 15.8. The third-order valence-corrected chi connectivity index (χ3v) is 1.41. The van der Waals surface area contributed by atoms with Gasteiger partial charge in [0.25, 0.3) is 0 Å². The molecule has 0 unspecified atom stereocenters. The van der Waals surface area contributed by atoms with Crippen molar-refractivity contribution in [1.82, 2.24) is 0 Å². The van der Waals surface area contributed by atoms with Crippen LogP contribution in [0.25, 0.3) is 0 Å². The lowest BCUT2D eigenvalue weighted by atomic mass is 10.1. The van der Waals surface area contributed by atoms with E-state index in [9.17, 15) is 10.2 Å². The SMILES string of the molecule is [2H]C([2H])([2H])C([2H])([2H])C([2H])([2H])C([2H])([2H])Cc1cc(O)cc(O)c1. The van der Waals surface area contributed by atoms with E-state index < -0.39 is 32.4 Å². The first-order valence-corrected chi connectivity index (χ1v) is 3.64. The minimum atomic E-state index is -3.43. The van der Waals surface area contributed by atoms with Gasteiger partial charge in [-0.05, 0) is 30.5 Å². The highest BCUT2D eigenvalue weighted by Crippen LogP contribution is 2.21. The van der Waals surface area contributed by atoms with Gasteiger partial charge in [0.15, 0.2) is 0 Å². The number of hydrogen-bond donors (Lipinski definition) is 2. The third-order valence-electron chi connectivity index (χ3n) is 1.41. The van der Waals surface area contributed by atoms with Gasteiger partial charge in [-0.3, -0.25) is 0 Å². The van der Waals surface area contributed by atoms with Gasteiger partial charge in [0, 0.05) is 18.4 Å². The monoisotopic (exact) mass is 189 g/mol. The fraction of sp³-hybridized carbons (Fsp3) is 0.455. The van der Waals surface area contributed by atoms with Gasteiger partial charge in [-0.15, -0.1) is 0 Å². The van der Waals surface area contributed by atoms with Gasteiger partial charge in [-0.25, -0.2) is 0 Å². The first kappa shape index (κ1) is 3.19. The molecule has 0 fully saturated rings. The van der Waals surface area contributed by atoms with Crippen LogP contribution < -0.4 is 0 Å². The summed E-state index contributed by atoms with van der Waals surface area (Å²) in [6, 6.07) is 3.16. The molecule has 2 N–H and O–H groups in total. The summed E-state index contributed by atoms with van der Waals surface area (Å²) < 4.78 is 67.1. The molecule has 72 valence electrons. The molecule has 2 nitrogen and oxygen atoms in total. The molecule has 1 aromatic carbocycles. The van der Waals surface area contributed by atoms with Crippen LogP contribution in [0.2, 0.25) is 0 Å². The molecule has 0 aliphatic rings. The molecule has 0 heterocycles. The molecule has 1 rings (SSSR count). The molecule has 0 atom stereocenters. The highest BCUT2D eigenvalue weighted by atomic mass is 16.3. The number of hydrogen-bond acceptors (Lipinski definition) is 2. The van der Waals surface area contributed by atoms with Crippen LogP contribution in [0.15, 0.2) is 18.2 Å². The van der Waals surface area contributed by atoms with Gasteiger partial charge >= 0.3 is 0 Å². The van der Waals surface area contributed by atoms with E-state index in [2.05, 4.69) is 0 Å². The van der Waals surface area contributed by atoms with Gasteiger partial charge in [0.05, 0.1) is 0 Å². The van der Waals surface area contributed by atoms with Gasteiger partial charge in [0.2, 0.25) is 0 Å². The van der Waals surface area contributed by atoms with Crippen LogP contribution in [0.1, 0.15) is 43.9 Å². The summed E-state index contributed by atoms with van der Waals surface area (Å²) in [6.07, 6.45) is -10.4. The zero-order chi connectivity index (χ0) is 17.6. The van der Waals surface area contributed by atoms with Gasteiger partial charge in [0.1, 0.15) is 11.5 Å². The van der Waals surface area contributed by atoms with E-state index in [-0.39, 0.29) is 17.1 Å². The molecular formula is C11H16O2. The molecule has 0 spiro atoms. The van der Waals surface area contributed by atoms with Crippen molar-refractivity contribution < 1.29 is 22.5 Å². The van der Waals surface area contributed by atoms with E-state index in [1.165, 1.54) is 0 Å². The van der Waals surface area contributed by atoms with Gasteiger partial charge < -0.3 is 10.2 Å². The van der Waals surface area contributed by atoms with Crippen LogP contribution >= 0.6 is 0 Å². The Morgan fingerprint density at radius 2 is 1.92 bits per heavy atom. The summed E-state index contributed by atoms with van der Waals surface area (Å²) in [5, 5.41) is 18.7. The molecule has 0 aliphatic heterocycles. The van der Waals surface area contributed by atoms with Crippen molar-refractivity contribution in [3.63, 3.8) is 0 Å². The van der Waals surface area contributed by atoms with Crippen molar-refractivity contribution in [3.05, 3.63) is 23.8 Å². The topological polar surface area (TPSA) is 40.5 Å². The maximum Gasteiger partial charge on any atom is 0.119 e. The molecule has 0 saturated heterocycles. The third kappa shape index (κ3) is 3.36. The lowest BCUT2D eigenvalue weighted by Gasteiger charge is -2.02. The fourth-order valence-corrected chi connectivity index (χ4v) is 0.949. The normalized spacial score (nSPS) is 24.8. The second-order valence-corrected chi connectivity index (χ2v) is 2.46. The van der Waals surface area contributed by atoms with Crippen LogP contribution in [0, 0.1) is 0 Å². The number of phenolic OH excluding ortho intramolecular Hbond substituents is 2. The quantitative estimate of drug-likeness (QED) is 0.764. The van der Waals surface area contributed by atoms with Crippen LogP contribution in [0.4, 0.5) is 0 Å². The van der Waals surface area contributed by atoms with Gasteiger partial charge in [-0.2, -0.15) is 0 Å².